The summed E-state index contributed by atoms with van der Waals surface area (Å²) in [7, 11) is 0. The van der Waals surface area contributed by atoms with E-state index >= 15 is 0 Å². The van der Waals surface area contributed by atoms with Gasteiger partial charge < -0.3 is 5.11 Å². The number of hydrogen-bond acceptors (Lipinski definition) is 3. The van der Waals surface area contributed by atoms with Crippen molar-refractivity contribution in [3.05, 3.63) is 12.7 Å². The standard InChI is InChI=1S/C13H22N2O2/c1-2-6-14-7-4-12(5-8-14)15-9-3-11(10-15)13(16)17/h2,11-12H,1,3-10H2,(H,16,17). The fourth-order valence-electron chi connectivity index (χ4n) is 2.97. The molecule has 0 saturated carbocycles. The van der Waals surface area contributed by atoms with Gasteiger partial charge in [-0.1, -0.05) is 6.08 Å². The minimum Gasteiger partial charge on any atom is -0.481 e. The van der Waals surface area contributed by atoms with Crippen LogP contribution in [0.1, 0.15) is 19.3 Å². The summed E-state index contributed by atoms with van der Waals surface area (Å²) < 4.78 is 0. The maximum Gasteiger partial charge on any atom is 0.307 e. The summed E-state index contributed by atoms with van der Waals surface area (Å²) in [6.07, 6.45) is 5.11. The highest BCUT2D eigenvalue weighted by atomic mass is 16.4. The van der Waals surface area contributed by atoms with Gasteiger partial charge in [0.25, 0.3) is 0 Å². The molecule has 2 rings (SSSR count). The predicted octanol–water partition coefficient (Wildman–Crippen LogP) is 1.04. The zero-order chi connectivity index (χ0) is 12.3. The Bertz CT molecular complexity index is 285. The van der Waals surface area contributed by atoms with Crippen LogP contribution in [-0.4, -0.2) is 59.6 Å². The smallest absolute Gasteiger partial charge is 0.307 e. The molecule has 0 aromatic rings. The number of carboxylic acids is 1. The lowest BCUT2D eigenvalue weighted by Gasteiger charge is -2.36. The molecule has 0 spiro atoms. The fourth-order valence-corrected chi connectivity index (χ4v) is 2.97. The zero-order valence-corrected chi connectivity index (χ0v) is 10.3. The lowest BCUT2D eigenvalue weighted by atomic mass is 10.0. The van der Waals surface area contributed by atoms with Crippen molar-refractivity contribution < 1.29 is 9.90 Å². The van der Waals surface area contributed by atoms with E-state index in [1.54, 1.807) is 0 Å². The van der Waals surface area contributed by atoms with Crippen molar-refractivity contribution in [2.24, 2.45) is 5.92 Å². The largest absolute Gasteiger partial charge is 0.481 e. The van der Waals surface area contributed by atoms with E-state index in [2.05, 4.69) is 16.4 Å². The molecule has 17 heavy (non-hydrogen) atoms. The maximum absolute atomic E-state index is 10.9. The number of hydrogen-bond donors (Lipinski definition) is 1. The van der Waals surface area contributed by atoms with Gasteiger partial charge in [-0.25, -0.2) is 0 Å². The molecule has 96 valence electrons. The molecule has 2 heterocycles. The quantitative estimate of drug-likeness (QED) is 0.743. The lowest BCUT2D eigenvalue weighted by molar-refractivity contribution is -0.141. The Morgan fingerprint density at radius 3 is 2.53 bits per heavy atom. The first-order valence-electron chi connectivity index (χ1n) is 6.51. The number of likely N-dealkylation sites (tertiary alicyclic amines) is 2. The number of carbonyl (C=O) groups is 1. The van der Waals surface area contributed by atoms with Crippen LogP contribution in [0.15, 0.2) is 12.7 Å². The van der Waals surface area contributed by atoms with Crippen LogP contribution in [-0.2, 0) is 4.79 Å². The molecule has 2 aliphatic heterocycles. The molecular formula is C13H22N2O2. The molecule has 1 N–H and O–H groups in total. The minimum atomic E-state index is -0.628. The number of aliphatic carboxylic acids is 1. The Kier molecular flexibility index (Phi) is 4.18. The third-order valence-electron chi connectivity index (χ3n) is 4.03. The molecule has 0 bridgehead atoms. The molecule has 2 fully saturated rings. The summed E-state index contributed by atoms with van der Waals surface area (Å²) in [4.78, 5) is 15.7. The molecule has 2 saturated heterocycles. The topological polar surface area (TPSA) is 43.8 Å². The van der Waals surface area contributed by atoms with Gasteiger partial charge in [0.2, 0.25) is 0 Å². The van der Waals surface area contributed by atoms with Gasteiger partial charge in [0, 0.05) is 19.1 Å². The van der Waals surface area contributed by atoms with E-state index in [-0.39, 0.29) is 5.92 Å². The van der Waals surface area contributed by atoms with Crippen molar-refractivity contribution in [3.63, 3.8) is 0 Å². The molecule has 0 aromatic carbocycles. The van der Waals surface area contributed by atoms with Gasteiger partial charge in [0.05, 0.1) is 5.92 Å². The van der Waals surface area contributed by atoms with Gasteiger partial charge in [-0.3, -0.25) is 14.6 Å². The Hall–Kier alpha value is -0.870. The van der Waals surface area contributed by atoms with Crippen LogP contribution in [0.2, 0.25) is 0 Å². The molecule has 4 heteroatoms. The van der Waals surface area contributed by atoms with Crippen molar-refractivity contribution in [2.75, 3.05) is 32.7 Å². The van der Waals surface area contributed by atoms with Crippen molar-refractivity contribution in [3.8, 4) is 0 Å². The third kappa shape index (κ3) is 3.07. The third-order valence-corrected chi connectivity index (χ3v) is 4.03. The first kappa shape index (κ1) is 12.6. The first-order valence-corrected chi connectivity index (χ1v) is 6.51. The van der Waals surface area contributed by atoms with Crippen LogP contribution < -0.4 is 0 Å². The normalized spacial score (nSPS) is 28.4. The van der Waals surface area contributed by atoms with Gasteiger partial charge >= 0.3 is 5.97 Å². The molecule has 0 aromatic heterocycles. The molecule has 1 unspecified atom stereocenters. The zero-order valence-electron chi connectivity index (χ0n) is 10.3. The highest BCUT2D eigenvalue weighted by Gasteiger charge is 2.33. The van der Waals surface area contributed by atoms with Crippen molar-refractivity contribution in [1.29, 1.82) is 0 Å². The Morgan fingerprint density at radius 2 is 2.00 bits per heavy atom. The number of piperidine rings is 1. The minimum absolute atomic E-state index is 0.138. The van der Waals surface area contributed by atoms with Crippen LogP contribution in [0.3, 0.4) is 0 Å². The molecule has 1 atom stereocenters. The molecule has 4 nitrogen and oxygen atoms in total. The van der Waals surface area contributed by atoms with Gasteiger partial charge in [-0.2, -0.15) is 0 Å². The summed E-state index contributed by atoms with van der Waals surface area (Å²) in [6.45, 7) is 8.68. The van der Waals surface area contributed by atoms with Crippen molar-refractivity contribution in [1.82, 2.24) is 9.80 Å². The monoisotopic (exact) mass is 238 g/mol. The van der Waals surface area contributed by atoms with Crippen LogP contribution in [0, 0.1) is 5.92 Å². The number of nitrogens with zero attached hydrogens (tertiary/aromatic N) is 2. The van der Waals surface area contributed by atoms with E-state index in [0.717, 1.165) is 39.1 Å². The van der Waals surface area contributed by atoms with E-state index in [0.29, 0.717) is 6.04 Å². The predicted molar refractivity (Wildman–Crippen MR) is 67.0 cm³/mol. The Balaban J connectivity index is 1.78. The SMILES string of the molecule is C=CCN1CCC(N2CCC(C(=O)O)C2)CC1. The average Bonchev–Trinajstić information content (AvgIpc) is 2.80. The summed E-state index contributed by atoms with van der Waals surface area (Å²) >= 11 is 0. The van der Waals surface area contributed by atoms with E-state index in [9.17, 15) is 4.79 Å². The number of rotatable bonds is 4. The second kappa shape index (κ2) is 5.65. The molecule has 2 aliphatic rings. The van der Waals surface area contributed by atoms with E-state index in [4.69, 9.17) is 5.11 Å². The first-order chi connectivity index (χ1) is 8.20. The van der Waals surface area contributed by atoms with Gasteiger partial charge in [-0.05, 0) is 38.9 Å². The van der Waals surface area contributed by atoms with Crippen LogP contribution in [0.5, 0.6) is 0 Å². The summed E-state index contributed by atoms with van der Waals surface area (Å²) in [5.74, 6) is -0.766. The van der Waals surface area contributed by atoms with Gasteiger partial charge in [0.15, 0.2) is 0 Å². The summed E-state index contributed by atoms with van der Waals surface area (Å²) in [6, 6.07) is 0.598. The molecule has 0 amide bonds. The van der Waals surface area contributed by atoms with Gasteiger partial charge in [0.1, 0.15) is 0 Å². The van der Waals surface area contributed by atoms with Crippen LogP contribution in [0.25, 0.3) is 0 Å². The van der Waals surface area contributed by atoms with E-state index in [1.165, 1.54) is 12.8 Å². The molecular weight excluding hydrogens is 216 g/mol. The summed E-state index contributed by atoms with van der Waals surface area (Å²) in [5, 5.41) is 9.00. The Labute approximate surface area is 103 Å². The van der Waals surface area contributed by atoms with Crippen LogP contribution in [0.4, 0.5) is 0 Å². The highest BCUT2D eigenvalue weighted by Crippen LogP contribution is 2.24. The average molecular weight is 238 g/mol. The lowest BCUT2D eigenvalue weighted by Crippen LogP contribution is -2.44. The second-order valence-corrected chi connectivity index (χ2v) is 5.14. The maximum atomic E-state index is 10.9. The molecule has 0 aliphatic carbocycles. The highest BCUT2D eigenvalue weighted by molar-refractivity contribution is 5.70. The number of carboxylic acid groups (broad SMARTS) is 1. The molecule has 0 radical (unpaired) electrons. The van der Waals surface area contributed by atoms with Crippen LogP contribution >= 0.6 is 0 Å². The Morgan fingerprint density at radius 1 is 1.29 bits per heavy atom. The van der Waals surface area contributed by atoms with E-state index in [1.807, 2.05) is 6.08 Å². The van der Waals surface area contributed by atoms with Crippen molar-refractivity contribution >= 4 is 5.97 Å². The van der Waals surface area contributed by atoms with E-state index < -0.39 is 5.97 Å². The second-order valence-electron chi connectivity index (χ2n) is 5.14. The summed E-state index contributed by atoms with van der Waals surface area (Å²) in [5.41, 5.74) is 0. The van der Waals surface area contributed by atoms with Crippen molar-refractivity contribution in [2.45, 2.75) is 25.3 Å². The fraction of sp³-hybridized carbons (Fsp3) is 0.769. The van der Waals surface area contributed by atoms with Gasteiger partial charge in [-0.15, -0.1) is 6.58 Å².